The average molecular weight is 438 g/mol. The van der Waals surface area contributed by atoms with E-state index in [1.165, 1.54) is 9.81 Å². The lowest BCUT2D eigenvalue weighted by Gasteiger charge is -2.22. The highest BCUT2D eigenvalue weighted by atomic mass is 16.5. The standard InChI is InChI=1S/C25H22N6O2/c1-33-21-14-12-19(13-15-21)23-16-22(18-8-4-2-5-9-18)27-31(23)24(32)17-30-28-25(26-29-30)20-10-6-3-7-11-20/h2-15,23H,16-17H2,1H3/t23-/m1/s1. The summed E-state index contributed by atoms with van der Waals surface area (Å²) in [7, 11) is 1.63. The van der Waals surface area contributed by atoms with Gasteiger partial charge in [-0.3, -0.25) is 4.79 Å². The zero-order chi connectivity index (χ0) is 22.6. The number of carbonyl (C=O) groups excluding carboxylic acids is 1. The first-order valence-electron chi connectivity index (χ1n) is 10.6. The first kappa shape index (κ1) is 20.6. The number of hydrogen-bond donors (Lipinski definition) is 0. The van der Waals surface area contributed by atoms with Crippen LogP contribution >= 0.6 is 0 Å². The molecule has 8 heteroatoms. The molecule has 3 aromatic carbocycles. The van der Waals surface area contributed by atoms with E-state index >= 15 is 0 Å². The second-order valence-electron chi connectivity index (χ2n) is 7.65. The van der Waals surface area contributed by atoms with Crippen molar-refractivity contribution < 1.29 is 9.53 Å². The third-order valence-electron chi connectivity index (χ3n) is 5.53. The van der Waals surface area contributed by atoms with Gasteiger partial charge in [0.25, 0.3) is 5.91 Å². The van der Waals surface area contributed by atoms with E-state index < -0.39 is 0 Å². The van der Waals surface area contributed by atoms with Crippen LogP contribution in [0.15, 0.2) is 90.0 Å². The molecule has 4 aromatic rings. The summed E-state index contributed by atoms with van der Waals surface area (Å²) in [5.41, 5.74) is 3.69. The average Bonchev–Trinajstić information content (AvgIpc) is 3.53. The maximum Gasteiger partial charge on any atom is 0.266 e. The number of ether oxygens (including phenoxy) is 1. The Kier molecular flexibility index (Phi) is 5.63. The molecule has 1 amide bonds. The van der Waals surface area contributed by atoms with Gasteiger partial charge in [0.05, 0.1) is 18.9 Å². The van der Waals surface area contributed by atoms with Gasteiger partial charge in [0, 0.05) is 12.0 Å². The van der Waals surface area contributed by atoms with Gasteiger partial charge >= 0.3 is 0 Å². The van der Waals surface area contributed by atoms with Gasteiger partial charge in [-0.25, -0.2) is 5.01 Å². The summed E-state index contributed by atoms with van der Waals surface area (Å²) in [5.74, 6) is 1.03. The molecule has 1 aliphatic heterocycles. The molecule has 0 aliphatic carbocycles. The van der Waals surface area contributed by atoms with Crippen LogP contribution in [0.2, 0.25) is 0 Å². The van der Waals surface area contributed by atoms with Crippen LogP contribution in [0.4, 0.5) is 0 Å². The highest BCUT2D eigenvalue weighted by Gasteiger charge is 2.33. The van der Waals surface area contributed by atoms with Crippen molar-refractivity contribution in [1.29, 1.82) is 0 Å². The maximum absolute atomic E-state index is 13.3. The van der Waals surface area contributed by atoms with Crippen molar-refractivity contribution in [3.63, 3.8) is 0 Å². The molecule has 0 radical (unpaired) electrons. The molecule has 1 atom stereocenters. The molecule has 1 aromatic heterocycles. The van der Waals surface area contributed by atoms with E-state index in [4.69, 9.17) is 9.84 Å². The predicted molar refractivity (Wildman–Crippen MR) is 123 cm³/mol. The van der Waals surface area contributed by atoms with Gasteiger partial charge in [-0.15, -0.1) is 10.2 Å². The van der Waals surface area contributed by atoms with Gasteiger partial charge in [-0.1, -0.05) is 72.8 Å². The smallest absolute Gasteiger partial charge is 0.266 e. The van der Waals surface area contributed by atoms with E-state index in [0.717, 1.165) is 28.2 Å². The lowest BCUT2D eigenvalue weighted by molar-refractivity contribution is -0.134. The number of amides is 1. The molecule has 164 valence electrons. The third-order valence-corrected chi connectivity index (χ3v) is 5.53. The number of methoxy groups -OCH3 is 1. The second kappa shape index (κ2) is 9.04. The lowest BCUT2D eigenvalue weighted by Crippen LogP contribution is -2.31. The van der Waals surface area contributed by atoms with Crippen molar-refractivity contribution in [3.8, 4) is 17.1 Å². The highest BCUT2D eigenvalue weighted by molar-refractivity contribution is 6.03. The lowest BCUT2D eigenvalue weighted by atomic mass is 9.98. The van der Waals surface area contributed by atoms with E-state index in [1.807, 2.05) is 84.9 Å². The Balaban J connectivity index is 1.41. The van der Waals surface area contributed by atoms with Crippen LogP contribution in [0.1, 0.15) is 23.6 Å². The van der Waals surface area contributed by atoms with Crippen LogP contribution in [-0.4, -0.2) is 43.9 Å². The van der Waals surface area contributed by atoms with E-state index in [9.17, 15) is 4.79 Å². The maximum atomic E-state index is 13.3. The van der Waals surface area contributed by atoms with Crippen molar-refractivity contribution in [2.24, 2.45) is 5.10 Å². The minimum atomic E-state index is -0.226. The van der Waals surface area contributed by atoms with Gasteiger partial charge in [0.1, 0.15) is 12.3 Å². The minimum absolute atomic E-state index is 0.0575. The number of benzene rings is 3. The Morgan fingerprint density at radius 2 is 1.61 bits per heavy atom. The molecule has 0 saturated heterocycles. The van der Waals surface area contributed by atoms with Crippen molar-refractivity contribution >= 4 is 11.6 Å². The van der Waals surface area contributed by atoms with E-state index in [-0.39, 0.29) is 18.5 Å². The Hall–Kier alpha value is -4.33. The van der Waals surface area contributed by atoms with E-state index in [0.29, 0.717) is 12.2 Å². The van der Waals surface area contributed by atoms with Crippen LogP contribution in [0.25, 0.3) is 11.4 Å². The van der Waals surface area contributed by atoms with Gasteiger partial charge in [0.15, 0.2) is 0 Å². The summed E-state index contributed by atoms with van der Waals surface area (Å²) >= 11 is 0. The summed E-state index contributed by atoms with van der Waals surface area (Å²) in [6.45, 7) is -0.0575. The van der Waals surface area contributed by atoms with Crippen molar-refractivity contribution in [1.82, 2.24) is 25.2 Å². The van der Waals surface area contributed by atoms with Crippen LogP contribution in [0.3, 0.4) is 0 Å². The van der Waals surface area contributed by atoms with Gasteiger partial charge in [-0.05, 0) is 28.5 Å². The monoisotopic (exact) mass is 438 g/mol. The summed E-state index contributed by atoms with van der Waals surface area (Å²) in [4.78, 5) is 14.6. The van der Waals surface area contributed by atoms with Crippen LogP contribution in [-0.2, 0) is 11.3 Å². The number of hydrazone groups is 1. The van der Waals surface area contributed by atoms with Crippen LogP contribution in [0.5, 0.6) is 5.75 Å². The number of carbonyl (C=O) groups is 1. The Labute approximate surface area is 191 Å². The van der Waals surface area contributed by atoms with Gasteiger partial charge in [-0.2, -0.15) is 9.90 Å². The zero-order valence-electron chi connectivity index (χ0n) is 18.1. The molecular weight excluding hydrogens is 416 g/mol. The van der Waals surface area contributed by atoms with Gasteiger partial charge in [0.2, 0.25) is 5.82 Å². The molecule has 33 heavy (non-hydrogen) atoms. The molecule has 8 nitrogen and oxygen atoms in total. The molecule has 0 fully saturated rings. The first-order valence-corrected chi connectivity index (χ1v) is 10.6. The number of tetrazole rings is 1. The number of nitrogens with zero attached hydrogens (tertiary/aromatic N) is 6. The van der Waals surface area contributed by atoms with E-state index in [1.54, 1.807) is 7.11 Å². The molecule has 0 N–H and O–H groups in total. The fraction of sp³-hybridized carbons (Fsp3) is 0.160. The molecule has 2 heterocycles. The molecule has 0 bridgehead atoms. The fourth-order valence-electron chi connectivity index (χ4n) is 3.84. The summed E-state index contributed by atoms with van der Waals surface area (Å²) < 4.78 is 5.28. The molecule has 0 spiro atoms. The van der Waals surface area contributed by atoms with Gasteiger partial charge < -0.3 is 4.74 Å². The second-order valence-corrected chi connectivity index (χ2v) is 7.65. The Morgan fingerprint density at radius 1 is 0.939 bits per heavy atom. The van der Waals surface area contributed by atoms with Crippen LogP contribution in [0, 0.1) is 0 Å². The SMILES string of the molecule is COc1ccc([C@H]2CC(c3ccccc3)=NN2C(=O)Cn2nnc(-c3ccccc3)n2)cc1. The summed E-state index contributed by atoms with van der Waals surface area (Å²) in [6, 6.07) is 26.9. The third kappa shape index (κ3) is 4.36. The fourth-order valence-corrected chi connectivity index (χ4v) is 3.84. The zero-order valence-corrected chi connectivity index (χ0v) is 18.1. The minimum Gasteiger partial charge on any atom is -0.497 e. The summed E-state index contributed by atoms with van der Waals surface area (Å²) in [5, 5.41) is 18.8. The molecular formula is C25H22N6O2. The van der Waals surface area contributed by atoms with Crippen molar-refractivity contribution in [2.45, 2.75) is 19.0 Å². The van der Waals surface area contributed by atoms with Crippen molar-refractivity contribution in [2.75, 3.05) is 7.11 Å². The molecule has 5 rings (SSSR count). The molecule has 1 aliphatic rings. The Morgan fingerprint density at radius 3 is 2.27 bits per heavy atom. The largest absolute Gasteiger partial charge is 0.497 e. The molecule has 0 saturated carbocycles. The van der Waals surface area contributed by atoms with Crippen LogP contribution < -0.4 is 4.74 Å². The first-order chi connectivity index (χ1) is 16.2. The Bertz CT molecular complexity index is 1270. The highest BCUT2D eigenvalue weighted by Crippen LogP contribution is 2.33. The predicted octanol–water partition coefficient (Wildman–Crippen LogP) is 3.73. The van der Waals surface area contributed by atoms with E-state index in [2.05, 4.69) is 15.4 Å². The number of aromatic nitrogens is 4. The summed E-state index contributed by atoms with van der Waals surface area (Å²) in [6.07, 6.45) is 0.613. The topological polar surface area (TPSA) is 85.5 Å². The quantitative estimate of drug-likeness (QED) is 0.458. The normalized spacial score (nSPS) is 15.4. The van der Waals surface area contributed by atoms with Crippen molar-refractivity contribution in [3.05, 3.63) is 96.1 Å². The number of hydrogen-bond acceptors (Lipinski definition) is 6. The molecule has 0 unspecified atom stereocenters. The number of rotatable bonds is 6.